The molecule has 4 unspecified atom stereocenters. The van der Waals surface area contributed by atoms with Crippen LogP contribution in [-0.4, -0.2) is 71.5 Å². The Morgan fingerprint density at radius 1 is 0.917 bits per heavy atom. The van der Waals surface area contributed by atoms with E-state index in [1.54, 1.807) is 0 Å². The summed E-state index contributed by atoms with van der Waals surface area (Å²) in [7, 11) is 0. The van der Waals surface area contributed by atoms with Crippen LogP contribution in [-0.2, 0) is 0 Å². The number of aliphatic hydroxyl groups excluding tert-OH is 2. The molecule has 0 saturated carbocycles. The van der Waals surface area contributed by atoms with Crippen molar-refractivity contribution in [2.75, 3.05) is 39.4 Å². The predicted octanol–water partition coefficient (Wildman–Crippen LogP) is -1.66. The average molecular weight is 172 g/mol. The van der Waals surface area contributed by atoms with Crippen molar-refractivity contribution in [3.05, 3.63) is 0 Å². The SMILES string of the molecule is OCC1CN2CCN1CC2CO. The van der Waals surface area contributed by atoms with Gasteiger partial charge in [-0.2, -0.15) is 0 Å². The quantitative estimate of drug-likeness (QED) is 0.523. The Kier molecular flexibility index (Phi) is 2.32. The summed E-state index contributed by atoms with van der Waals surface area (Å²) in [5.41, 5.74) is 0. The highest BCUT2D eigenvalue weighted by molar-refractivity contribution is 4.93. The fourth-order valence-corrected chi connectivity index (χ4v) is 2.22. The van der Waals surface area contributed by atoms with Gasteiger partial charge in [-0.25, -0.2) is 0 Å². The van der Waals surface area contributed by atoms with E-state index in [4.69, 9.17) is 10.2 Å². The Labute approximate surface area is 72.4 Å². The highest BCUT2D eigenvalue weighted by Gasteiger charge is 2.37. The van der Waals surface area contributed by atoms with Gasteiger partial charge in [0.1, 0.15) is 0 Å². The molecule has 2 bridgehead atoms. The average Bonchev–Trinajstić information content (AvgIpc) is 2.18. The Bertz CT molecular complexity index is 147. The van der Waals surface area contributed by atoms with Gasteiger partial charge in [-0.15, -0.1) is 0 Å². The van der Waals surface area contributed by atoms with E-state index in [-0.39, 0.29) is 13.2 Å². The normalized spacial score (nSPS) is 46.5. The smallest absolute Gasteiger partial charge is 0.0599 e. The van der Waals surface area contributed by atoms with E-state index in [9.17, 15) is 0 Å². The topological polar surface area (TPSA) is 46.9 Å². The summed E-state index contributed by atoms with van der Waals surface area (Å²) in [6, 6.07) is 0.614. The number of rotatable bonds is 2. The van der Waals surface area contributed by atoms with Crippen molar-refractivity contribution in [1.82, 2.24) is 9.80 Å². The van der Waals surface area contributed by atoms with Crippen LogP contribution in [0.3, 0.4) is 0 Å². The Hall–Kier alpha value is -0.160. The maximum Gasteiger partial charge on any atom is 0.0599 e. The number of piperazine rings is 3. The molecule has 3 heterocycles. The lowest BCUT2D eigenvalue weighted by Crippen LogP contribution is -2.67. The fourth-order valence-electron chi connectivity index (χ4n) is 2.22. The van der Waals surface area contributed by atoms with Gasteiger partial charge in [-0.1, -0.05) is 0 Å². The van der Waals surface area contributed by atoms with E-state index in [2.05, 4.69) is 9.80 Å². The van der Waals surface area contributed by atoms with Gasteiger partial charge < -0.3 is 10.2 Å². The minimum absolute atomic E-state index is 0.245. The number of fused-ring (bicyclic) bond motifs is 3. The summed E-state index contributed by atoms with van der Waals surface area (Å²) < 4.78 is 0. The molecule has 0 aromatic rings. The summed E-state index contributed by atoms with van der Waals surface area (Å²) in [6.45, 7) is 4.41. The van der Waals surface area contributed by atoms with E-state index < -0.39 is 0 Å². The third-order valence-corrected chi connectivity index (χ3v) is 3.02. The summed E-state index contributed by atoms with van der Waals surface area (Å²) >= 11 is 0. The van der Waals surface area contributed by atoms with Crippen molar-refractivity contribution < 1.29 is 10.2 Å². The van der Waals surface area contributed by atoms with Gasteiger partial charge in [0, 0.05) is 38.3 Å². The van der Waals surface area contributed by atoms with Crippen LogP contribution in [0.4, 0.5) is 0 Å². The van der Waals surface area contributed by atoms with Gasteiger partial charge in [0.05, 0.1) is 13.2 Å². The van der Waals surface area contributed by atoms with Crippen molar-refractivity contribution in [1.29, 1.82) is 0 Å². The molecule has 0 aromatic heterocycles. The molecule has 3 aliphatic rings. The minimum Gasteiger partial charge on any atom is -0.395 e. The number of hydrogen-bond acceptors (Lipinski definition) is 4. The van der Waals surface area contributed by atoms with Crippen molar-refractivity contribution in [2.24, 2.45) is 0 Å². The molecule has 4 atom stereocenters. The molecule has 0 aromatic carbocycles. The monoisotopic (exact) mass is 172 g/mol. The minimum atomic E-state index is 0.245. The molecule has 3 rings (SSSR count). The molecular weight excluding hydrogens is 156 g/mol. The number of nitrogens with zero attached hydrogens (tertiary/aromatic N) is 2. The lowest BCUT2D eigenvalue weighted by molar-refractivity contribution is -0.0610. The van der Waals surface area contributed by atoms with Crippen LogP contribution in [0.25, 0.3) is 0 Å². The molecule has 2 N–H and O–H groups in total. The molecular formula is C8H16N2O2. The molecule has 70 valence electrons. The summed E-state index contributed by atoms with van der Waals surface area (Å²) in [5, 5.41) is 18.1. The highest BCUT2D eigenvalue weighted by Crippen LogP contribution is 2.19. The zero-order valence-electron chi connectivity index (χ0n) is 7.19. The molecule has 0 aliphatic carbocycles. The van der Waals surface area contributed by atoms with Gasteiger partial charge in [0.15, 0.2) is 0 Å². The van der Waals surface area contributed by atoms with Crippen LogP contribution in [0.5, 0.6) is 0 Å². The van der Waals surface area contributed by atoms with Crippen molar-refractivity contribution in [2.45, 2.75) is 12.1 Å². The van der Waals surface area contributed by atoms with Crippen LogP contribution in [0.1, 0.15) is 0 Å². The first-order chi connectivity index (χ1) is 5.85. The van der Waals surface area contributed by atoms with E-state index in [1.807, 2.05) is 0 Å². The lowest BCUT2D eigenvalue weighted by atomic mass is 10.0. The molecule has 12 heavy (non-hydrogen) atoms. The third-order valence-electron chi connectivity index (χ3n) is 3.02. The zero-order valence-corrected chi connectivity index (χ0v) is 7.19. The van der Waals surface area contributed by atoms with E-state index in [0.717, 1.165) is 26.2 Å². The van der Waals surface area contributed by atoms with Crippen LogP contribution < -0.4 is 0 Å². The fraction of sp³-hybridized carbons (Fsp3) is 1.00. The number of hydrogen-bond donors (Lipinski definition) is 2. The Morgan fingerprint density at radius 3 is 1.58 bits per heavy atom. The van der Waals surface area contributed by atoms with E-state index >= 15 is 0 Å². The molecule has 0 radical (unpaired) electrons. The van der Waals surface area contributed by atoms with E-state index in [1.165, 1.54) is 0 Å². The second kappa shape index (κ2) is 3.30. The zero-order chi connectivity index (χ0) is 8.55. The van der Waals surface area contributed by atoms with E-state index in [0.29, 0.717) is 12.1 Å². The standard InChI is InChI=1S/C8H16N2O2/c11-5-7-4-10-2-1-9(7)3-8(10)6-12/h7-8,11-12H,1-6H2. The van der Waals surface area contributed by atoms with Gasteiger partial charge in [0.25, 0.3) is 0 Å². The Morgan fingerprint density at radius 2 is 1.33 bits per heavy atom. The van der Waals surface area contributed by atoms with Crippen LogP contribution in [0.15, 0.2) is 0 Å². The van der Waals surface area contributed by atoms with Gasteiger partial charge in [0.2, 0.25) is 0 Å². The molecule has 4 heteroatoms. The molecule has 3 aliphatic heterocycles. The third kappa shape index (κ3) is 1.25. The molecule has 3 fully saturated rings. The van der Waals surface area contributed by atoms with Crippen molar-refractivity contribution in [3.8, 4) is 0 Å². The van der Waals surface area contributed by atoms with Gasteiger partial charge >= 0.3 is 0 Å². The first-order valence-electron chi connectivity index (χ1n) is 4.55. The first-order valence-corrected chi connectivity index (χ1v) is 4.55. The van der Waals surface area contributed by atoms with Gasteiger partial charge in [-0.05, 0) is 0 Å². The van der Waals surface area contributed by atoms with Crippen LogP contribution in [0, 0.1) is 0 Å². The second-order valence-corrected chi connectivity index (χ2v) is 3.66. The molecule has 4 nitrogen and oxygen atoms in total. The maximum atomic E-state index is 9.04. The summed E-state index contributed by atoms with van der Waals surface area (Å²) in [5.74, 6) is 0. The van der Waals surface area contributed by atoms with Crippen molar-refractivity contribution in [3.63, 3.8) is 0 Å². The highest BCUT2D eigenvalue weighted by atomic mass is 16.3. The van der Waals surface area contributed by atoms with Crippen LogP contribution in [0.2, 0.25) is 0 Å². The maximum absolute atomic E-state index is 9.04. The molecule has 3 saturated heterocycles. The van der Waals surface area contributed by atoms with Crippen molar-refractivity contribution >= 4 is 0 Å². The van der Waals surface area contributed by atoms with Crippen LogP contribution >= 0.6 is 0 Å². The molecule has 0 spiro atoms. The predicted molar refractivity (Wildman–Crippen MR) is 44.9 cm³/mol. The van der Waals surface area contributed by atoms with Gasteiger partial charge in [-0.3, -0.25) is 9.80 Å². The lowest BCUT2D eigenvalue weighted by Gasteiger charge is -2.51. The molecule has 0 amide bonds. The second-order valence-electron chi connectivity index (χ2n) is 3.66. The summed E-state index contributed by atoms with van der Waals surface area (Å²) in [4.78, 5) is 4.56. The first kappa shape index (κ1) is 8.44. The largest absolute Gasteiger partial charge is 0.395 e. The summed E-state index contributed by atoms with van der Waals surface area (Å²) in [6.07, 6.45) is 0. The number of aliphatic hydroxyl groups is 2. The Balaban J connectivity index is 2.01.